The minimum atomic E-state index is 0.541. The summed E-state index contributed by atoms with van der Waals surface area (Å²) >= 11 is 12.2. The van der Waals surface area contributed by atoms with Crippen molar-refractivity contribution in [3.05, 3.63) is 46.4 Å². The maximum Gasteiger partial charge on any atom is 0.126 e. The van der Waals surface area contributed by atoms with E-state index in [0.717, 1.165) is 30.0 Å². The quantitative estimate of drug-likeness (QED) is 0.864. The Labute approximate surface area is 117 Å². The minimum Gasteiger partial charge on any atom is -0.370 e. The molecule has 0 aliphatic carbocycles. The number of nitrogens with zero attached hydrogens (tertiary/aromatic N) is 1. The fourth-order valence-electron chi connectivity index (χ4n) is 1.64. The largest absolute Gasteiger partial charge is 0.370 e. The maximum absolute atomic E-state index is 6.19. The average Bonchev–Trinajstić information content (AvgIpc) is 2.40. The lowest BCUT2D eigenvalue weighted by Crippen LogP contribution is -2.02. The molecule has 2 nitrogen and oxygen atoms in total. The van der Waals surface area contributed by atoms with Crippen LogP contribution < -0.4 is 5.32 Å². The van der Waals surface area contributed by atoms with E-state index in [0.29, 0.717) is 10.0 Å². The van der Waals surface area contributed by atoms with E-state index in [-0.39, 0.29) is 0 Å². The van der Waals surface area contributed by atoms with E-state index in [4.69, 9.17) is 23.2 Å². The Morgan fingerprint density at radius 1 is 1.11 bits per heavy atom. The molecule has 0 atom stereocenters. The van der Waals surface area contributed by atoms with Gasteiger partial charge in [-0.05, 0) is 24.6 Å². The lowest BCUT2D eigenvalue weighted by Gasteiger charge is -2.08. The molecule has 94 valence electrons. The number of hydrogen-bond acceptors (Lipinski definition) is 2. The van der Waals surface area contributed by atoms with Gasteiger partial charge in [0.15, 0.2) is 0 Å². The Bertz CT molecular complexity index is 541. The topological polar surface area (TPSA) is 24.9 Å². The van der Waals surface area contributed by atoms with Gasteiger partial charge in [-0.3, -0.25) is 0 Å². The standard InChI is InChI=1S/C14H14Cl2N2/c1-2-9-17-13-8-4-7-12(18-13)10-5-3-6-11(15)14(10)16/h3-8H,2,9H2,1H3,(H,17,18). The smallest absolute Gasteiger partial charge is 0.126 e. The molecule has 1 heterocycles. The van der Waals surface area contributed by atoms with Crippen LogP contribution in [0.4, 0.5) is 5.82 Å². The minimum absolute atomic E-state index is 0.541. The van der Waals surface area contributed by atoms with Crippen molar-refractivity contribution >= 4 is 29.0 Å². The van der Waals surface area contributed by atoms with E-state index >= 15 is 0 Å². The second-order valence-electron chi connectivity index (χ2n) is 3.94. The third-order valence-corrected chi connectivity index (χ3v) is 3.35. The Morgan fingerprint density at radius 3 is 2.67 bits per heavy atom. The van der Waals surface area contributed by atoms with Crippen LogP contribution in [0.15, 0.2) is 36.4 Å². The van der Waals surface area contributed by atoms with Crippen LogP contribution in [0.3, 0.4) is 0 Å². The molecule has 0 aliphatic heterocycles. The van der Waals surface area contributed by atoms with Gasteiger partial charge in [0.1, 0.15) is 5.82 Å². The molecule has 4 heteroatoms. The molecule has 2 aromatic rings. The molecular weight excluding hydrogens is 267 g/mol. The fourth-order valence-corrected chi connectivity index (χ4v) is 2.04. The molecule has 0 saturated carbocycles. The van der Waals surface area contributed by atoms with Crippen LogP contribution in [-0.4, -0.2) is 11.5 Å². The van der Waals surface area contributed by atoms with Crippen molar-refractivity contribution < 1.29 is 0 Å². The van der Waals surface area contributed by atoms with E-state index in [1.165, 1.54) is 0 Å². The van der Waals surface area contributed by atoms with Crippen molar-refractivity contribution in [2.24, 2.45) is 0 Å². The van der Waals surface area contributed by atoms with E-state index < -0.39 is 0 Å². The highest BCUT2D eigenvalue weighted by Crippen LogP contribution is 2.32. The maximum atomic E-state index is 6.19. The highest BCUT2D eigenvalue weighted by Gasteiger charge is 2.08. The Kier molecular flexibility index (Phi) is 4.45. The molecule has 0 spiro atoms. The first-order chi connectivity index (χ1) is 8.72. The predicted molar refractivity (Wildman–Crippen MR) is 78.5 cm³/mol. The summed E-state index contributed by atoms with van der Waals surface area (Å²) in [6.07, 6.45) is 1.06. The van der Waals surface area contributed by atoms with Gasteiger partial charge in [-0.15, -0.1) is 0 Å². The van der Waals surface area contributed by atoms with Crippen LogP contribution in [0.25, 0.3) is 11.3 Å². The lowest BCUT2D eigenvalue weighted by molar-refractivity contribution is 0.970. The van der Waals surface area contributed by atoms with E-state index in [1.54, 1.807) is 6.07 Å². The van der Waals surface area contributed by atoms with Crippen molar-refractivity contribution in [2.75, 3.05) is 11.9 Å². The van der Waals surface area contributed by atoms with Crippen LogP contribution in [-0.2, 0) is 0 Å². The number of benzene rings is 1. The molecule has 0 radical (unpaired) electrons. The Morgan fingerprint density at radius 2 is 1.89 bits per heavy atom. The van der Waals surface area contributed by atoms with Crippen molar-refractivity contribution in [1.29, 1.82) is 0 Å². The molecule has 0 bridgehead atoms. The molecule has 2 rings (SSSR count). The van der Waals surface area contributed by atoms with Gasteiger partial charge in [0.2, 0.25) is 0 Å². The fraction of sp³-hybridized carbons (Fsp3) is 0.214. The molecule has 1 aromatic carbocycles. The first-order valence-electron chi connectivity index (χ1n) is 5.87. The molecule has 18 heavy (non-hydrogen) atoms. The summed E-state index contributed by atoms with van der Waals surface area (Å²) < 4.78 is 0. The van der Waals surface area contributed by atoms with Gasteiger partial charge in [0, 0.05) is 12.1 Å². The van der Waals surface area contributed by atoms with Gasteiger partial charge in [-0.2, -0.15) is 0 Å². The lowest BCUT2D eigenvalue weighted by atomic mass is 10.1. The first-order valence-corrected chi connectivity index (χ1v) is 6.63. The summed E-state index contributed by atoms with van der Waals surface area (Å²) in [6, 6.07) is 11.4. The summed E-state index contributed by atoms with van der Waals surface area (Å²) in [6.45, 7) is 3.02. The highest BCUT2D eigenvalue weighted by molar-refractivity contribution is 6.43. The van der Waals surface area contributed by atoms with Gasteiger partial charge in [0.25, 0.3) is 0 Å². The van der Waals surface area contributed by atoms with Gasteiger partial charge in [-0.1, -0.05) is 48.3 Å². The van der Waals surface area contributed by atoms with Crippen molar-refractivity contribution in [3.63, 3.8) is 0 Å². The number of aromatic nitrogens is 1. The molecular formula is C14H14Cl2N2. The van der Waals surface area contributed by atoms with Crippen molar-refractivity contribution in [2.45, 2.75) is 13.3 Å². The van der Waals surface area contributed by atoms with Crippen molar-refractivity contribution in [1.82, 2.24) is 4.98 Å². The number of halogens is 2. The predicted octanol–water partition coefficient (Wildman–Crippen LogP) is 4.88. The van der Waals surface area contributed by atoms with Gasteiger partial charge in [0.05, 0.1) is 15.7 Å². The SMILES string of the molecule is CCCNc1cccc(-c2cccc(Cl)c2Cl)n1. The van der Waals surface area contributed by atoms with Crippen LogP contribution in [0, 0.1) is 0 Å². The Balaban J connectivity index is 2.35. The number of rotatable bonds is 4. The zero-order valence-corrected chi connectivity index (χ0v) is 11.6. The van der Waals surface area contributed by atoms with Gasteiger partial charge in [-0.25, -0.2) is 4.98 Å². The summed E-state index contributed by atoms with van der Waals surface area (Å²) in [5.41, 5.74) is 1.67. The second kappa shape index (κ2) is 6.07. The van der Waals surface area contributed by atoms with E-state index in [2.05, 4.69) is 17.2 Å². The number of hydrogen-bond donors (Lipinski definition) is 1. The second-order valence-corrected chi connectivity index (χ2v) is 4.72. The zero-order valence-electron chi connectivity index (χ0n) is 10.1. The summed E-state index contributed by atoms with van der Waals surface area (Å²) in [7, 11) is 0. The molecule has 0 amide bonds. The third kappa shape index (κ3) is 2.95. The molecule has 1 N–H and O–H groups in total. The van der Waals surface area contributed by atoms with Crippen LogP contribution in [0.1, 0.15) is 13.3 Å². The third-order valence-electron chi connectivity index (χ3n) is 2.53. The van der Waals surface area contributed by atoms with Crippen molar-refractivity contribution in [3.8, 4) is 11.3 Å². The molecule has 0 fully saturated rings. The summed E-state index contributed by atoms with van der Waals surface area (Å²) in [4.78, 5) is 4.53. The first kappa shape index (κ1) is 13.2. The van der Waals surface area contributed by atoms with Crippen LogP contribution >= 0.6 is 23.2 Å². The normalized spacial score (nSPS) is 10.4. The van der Waals surface area contributed by atoms with Gasteiger partial charge >= 0.3 is 0 Å². The monoisotopic (exact) mass is 280 g/mol. The number of nitrogens with one attached hydrogen (secondary N) is 1. The van der Waals surface area contributed by atoms with E-state index in [1.807, 2.05) is 30.3 Å². The highest BCUT2D eigenvalue weighted by atomic mass is 35.5. The number of pyridine rings is 1. The van der Waals surface area contributed by atoms with Crippen LogP contribution in [0.5, 0.6) is 0 Å². The Hall–Kier alpha value is -1.25. The van der Waals surface area contributed by atoms with Crippen LogP contribution in [0.2, 0.25) is 10.0 Å². The molecule has 0 unspecified atom stereocenters. The molecule has 0 aliphatic rings. The van der Waals surface area contributed by atoms with E-state index in [9.17, 15) is 0 Å². The summed E-state index contributed by atoms with van der Waals surface area (Å²) in [5, 5.41) is 4.34. The molecule has 0 saturated heterocycles. The zero-order chi connectivity index (χ0) is 13.0. The average molecular weight is 281 g/mol. The molecule has 1 aromatic heterocycles. The number of anilines is 1. The summed E-state index contributed by atoms with van der Waals surface area (Å²) in [5.74, 6) is 0.852. The van der Waals surface area contributed by atoms with Gasteiger partial charge < -0.3 is 5.32 Å².